The molecule has 2 fully saturated rings. The van der Waals surface area contributed by atoms with Gasteiger partial charge in [-0.3, -0.25) is 14.7 Å². The molecule has 4 bridgehead atoms. The highest BCUT2D eigenvalue weighted by atomic mass is 35.5. The Kier molecular flexibility index (Phi) is 5.78. The maximum Gasteiger partial charge on any atom is 0.248 e. The van der Waals surface area contributed by atoms with E-state index in [1.165, 1.54) is 0 Å². The van der Waals surface area contributed by atoms with Gasteiger partial charge in [0.1, 0.15) is 5.54 Å². The summed E-state index contributed by atoms with van der Waals surface area (Å²) in [5.74, 6) is 2.66. The van der Waals surface area contributed by atoms with Gasteiger partial charge >= 0.3 is 0 Å². The van der Waals surface area contributed by atoms with Gasteiger partial charge in [0.05, 0.1) is 0 Å². The molecule has 1 amide bonds. The lowest BCUT2D eigenvalue weighted by Crippen LogP contribution is -2.63. The van der Waals surface area contributed by atoms with Crippen LogP contribution in [0.1, 0.15) is 46.1 Å². The number of nitrogens with zero attached hydrogens (tertiary/aromatic N) is 2. The first kappa shape index (κ1) is 20.9. The van der Waals surface area contributed by atoms with E-state index in [0.29, 0.717) is 47.2 Å². The first-order valence-electron chi connectivity index (χ1n) is 11.1. The van der Waals surface area contributed by atoms with Gasteiger partial charge in [0.25, 0.3) is 0 Å². The summed E-state index contributed by atoms with van der Waals surface area (Å²) in [6.07, 6.45) is 4.08. The van der Waals surface area contributed by atoms with Crippen LogP contribution in [0.5, 0.6) is 0 Å². The van der Waals surface area contributed by atoms with Gasteiger partial charge in [0, 0.05) is 48.7 Å². The third-order valence-electron chi connectivity index (χ3n) is 6.99. The van der Waals surface area contributed by atoms with Gasteiger partial charge in [-0.15, -0.1) is 0 Å². The van der Waals surface area contributed by atoms with Crippen LogP contribution in [0.2, 0.25) is 5.02 Å². The lowest BCUT2D eigenvalue weighted by Gasteiger charge is -2.51. The number of nitrogens with one attached hydrogen (secondary N) is 1. The molecule has 4 nitrogen and oxygen atoms in total. The topological polar surface area (TPSA) is 44.7 Å². The van der Waals surface area contributed by atoms with Crippen LogP contribution in [-0.4, -0.2) is 41.7 Å². The molecule has 29 heavy (non-hydrogen) atoms. The van der Waals surface area contributed by atoms with Crippen molar-refractivity contribution in [2.75, 3.05) is 13.1 Å². The monoisotopic (exact) mass is 415 g/mol. The molecule has 1 saturated heterocycles. The van der Waals surface area contributed by atoms with Crippen LogP contribution in [0.3, 0.4) is 0 Å². The molecule has 1 aromatic rings. The smallest absolute Gasteiger partial charge is 0.248 e. The summed E-state index contributed by atoms with van der Waals surface area (Å²) < 4.78 is 0. The molecule has 3 heterocycles. The predicted molar refractivity (Wildman–Crippen MR) is 119 cm³/mol. The van der Waals surface area contributed by atoms with Gasteiger partial charge < -0.3 is 5.32 Å². The Morgan fingerprint density at radius 1 is 1.24 bits per heavy atom. The Morgan fingerprint density at radius 2 is 1.97 bits per heavy atom. The third-order valence-corrected chi connectivity index (χ3v) is 7.24. The predicted octanol–water partition coefficient (Wildman–Crippen LogP) is 4.42. The van der Waals surface area contributed by atoms with Crippen molar-refractivity contribution < 1.29 is 4.79 Å². The first-order chi connectivity index (χ1) is 13.8. The molecule has 0 radical (unpaired) electrons. The van der Waals surface area contributed by atoms with Crippen LogP contribution < -0.4 is 5.32 Å². The maximum absolute atomic E-state index is 13.6. The molecule has 5 unspecified atom stereocenters. The zero-order chi connectivity index (χ0) is 20.8. The SMILES string of the molecule is CC(C)CC1C2C3C=NC1(C(=O)NCc1ccc(Cl)cc1)CC3CN2CC(C)C. The zero-order valence-corrected chi connectivity index (χ0v) is 18.8. The van der Waals surface area contributed by atoms with E-state index in [2.05, 4.69) is 44.1 Å². The van der Waals surface area contributed by atoms with E-state index in [4.69, 9.17) is 16.6 Å². The van der Waals surface area contributed by atoms with Crippen LogP contribution >= 0.6 is 11.6 Å². The summed E-state index contributed by atoms with van der Waals surface area (Å²) in [6, 6.07) is 8.15. The fourth-order valence-corrected chi connectivity index (χ4v) is 6.09. The second kappa shape index (κ2) is 8.03. The highest BCUT2D eigenvalue weighted by Gasteiger charge is 2.63. The number of amides is 1. The molecule has 5 atom stereocenters. The summed E-state index contributed by atoms with van der Waals surface area (Å²) in [6.45, 7) is 11.9. The summed E-state index contributed by atoms with van der Waals surface area (Å²) in [5, 5.41) is 3.93. The minimum Gasteiger partial charge on any atom is -0.350 e. The molecule has 1 aliphatic carbocycles. The van der Waals surface area contributed by atoms with Crippen molar-refractivity contribution in [1.82, 2.24) is 10.2 Å². The summed E-state index contributed by atoms with van der Waals surface area (Å²) >= 11 is 5.99. The van der Waals surface area contributed by atoms with E-state index in [-0.39, 0.29) is 5.91 Å². The summed E-state index contributed by atoms with van der Waals surface area (Å²) in [5.41, 5.74) is 0.462. The second-order valence-corrected chi connectivity index (χ2v) is 10.6. The molecule has 1 N–H and O–H groups in total. The quantitative estimate of drug-likeness (QED) is 0.716. The third kappa shape index (κ3) is 3.86. The van der Waals surface area contributed by atoms with E-state index in [0.717, 1.165) is 31.5 Å². The van der Waals surface area contributed by atoms with Gasteiger partial charge in [-0.2, -0.15) is 0 Å². The second-order valence-electron chi connectivity index (χ2n) is 10.1. The molecule has 0 aromatic heterocycles. The number of halogens is 1. The normalized spacial score (nSPS) is 33.1. The minimum absolute atomic E-state index is 0.105. The Hall–Kier alpha value is -1.39. The van der Waals surface area contributed by atoms with Crippen molar-refractivity contribution >= 4 is 23.7 Å². The Balaban J connectivity index is 1.58. The van der Waals surface area contributed by atoms with Gasteiger partial charge in [-0.1, -0.05) is 51.4 Å². The average Bonchev–Trinajstić information content (AvgIpc) is 2.96. The van der Waals surface area contributed by atoms with Crippen LogP contribution in [0.15, 0.2) is 29.3 Å². The van der Waals surface area contributed by atoms with Gasteiger partial charge in [0.2, 0.25) is 5.91 Å². The van der Waals surface area contributed by atoms with Gasteiger partial charge in [0.15, 0.2) is 0 Å². The molecule has 1 aromatic carbocycles. The van der Waals surface area contributed by atoms with E-state index < -0.39 is 5.54 Å². The van der Waals surface area contributed by atoms with Crippen molar-refractivity contribution in [3.8, 4) is 0 Å². The van der Waals surface area contributed by atoms with E-state index in [1.54, 1.807) is 0 Å². The maximum atomic E-state index is 13.6. The van der Waals surface area contributed by atoms with Crippen LogP contribution in [0.4, 0.5) is 0 Å². The Morgan fingerprint density at radius 3 is 2.62 bits per heavy atom. The van der Waals surface area contributed by atoms with E-state index in [1.807, 2.05) is 24.3 Å². The first-order valence-corrected chi connectivity index (χ1v) is 11.5. The highest BCUT2D eigenvalue weighted by Crippen LogP contribution is 2.54. The number of carbonyl (C=O) groups is 1. The molecule has 0 spiro atoms. The molecule has 158 valence electrons. The number of benzene rings is 1. The average molecular weight is 416 g/mol. The van der Waals surface area contributed by atoms with Crippen molar-refractivity contribution in [1.29, 1.82) is 0 Å². The van der Waals surface area contributed by atoms with Gasteiger partial charge in [-0.25, -0.2) is 0 Å². The van der Waals surface area contributed by atoms with Gasteiger partial charge in [-0.05, 0) is 48.3 Å². The molecule has 3 aliphatic heterocycles. The fourth-order valence-electron chi connectivity index (χ4n) is 5.97. The van der Waals surface area contributed by atoms with Crippen LogP contribution in [0, 0.1) is 29.6 Å². The zero-order valence-electron chi connectivity index (χ0n) is 18.1. The number of carbonyl (C=O) groups excluding carboxylic acids is 1. The number of hydrogen-bond donors (Lipinski definition) is 1. The van der Waals surface area contributed by atoms with Crippen LogP contribution in [0.25, 0.3) is 0 Å². The van der Waals surface area contributed by atoms with E-state index >= 15 is 0 Å². The van der Waals surface area contributed by atoms with E-state index in [9.17, 15) is 4.79 Å². The summed E-state index contributed by atoms with van der Waals surface area (Å²) in [7, 11) is 0. The number of aliphatic imine (C=N–C) groups is 1. The van der Waals surface area contributed by atoms with Crippen molar-refractivity contribution in [3.05, 3.63) is 34.9 Å². The molecule has 5 rings (SSSR count). The summed E-state index contributed by atoms with van der Waals surface area (Å²) in [4.78, 5) is 21.2. The molecular weight excluding hydrogens is 382 g/mol. The number of rotatable bonds is 7. The fraction of sp³-hybridized carbons (Fsp3) is 0.667. The largest absolute Gasteiger partial charge is 0.350 e. The number of hydrogen-bond acceptors (Lipinski definition) is 3. The van der Waals surface area contributed by atoms with Crippen molar-refractivity contribution in [3.63, 3.8) is 0 Å². The lowest BCUT2D eigenvalue weighted by atomic mass is 9.59. The Labute approximate surface area is 180 Å². The Bertz CT molecular complexity index is 775. The standard InChI is InChI=1S/C24H34ClN3O/c1-15(2)9-21-22-20-12-27-24(21,10-18(20)14-28(22)13-16(3)4)23(29)26-11-17-5-7-19(25)8-6-17/h5-8,12,15-16,18,20-22H,9-11,13-14H2,1-4H3,(H,26,29). The highest BCUT2D eigenvalue weighted by molar-refractivity contribution is 6.30. The van der Waals surface area contributed by atoms with Crippen molar-refractivity contribution in [2.45, 2.75) is 58.7 Å². The van der Waals surface area contributed by atoms with Crippen molar-refractivity contribution in [2.24, 2.45) is 34.6 Å². The lowest BCUT2D eigenvalue weighted by molar-refractivity contribution is -0.132. The number of likely N-dealkylation sites (tertiary alicyclic amines) is 1. The minimum atomic E-state index is -0.605. The van der Waals surface area contributed by atoms with Crippen LogP contribution in [-0.2, 0) is 11.3 Å². The molecule has 1 saturated carbocycles. The molecular formula is C24H34ClN3O. The molecule has 5 heteroatoms. The molecule has 4 aliphatic rings.